The molecule has 13 nitrogen and oxygen atoms in total. The maximum Gasteiger partial charge on any atom is 0.262 e. The van der Waals surface area contributed by atoms with Gasteiger partial charge in [-0.1, -0.05) is 24.3 Å². The van der Waals surface area contributed by atoms with Gasteiger partial charge in [-0.3, -0.25) is 44.0 Å². The number of ether oxygens (including phenoxy) is 1. The first-order valence-corrected chi connectivity index (χ1v) is 22.0. The molecule has 5 heterocycles. The van der Waals surface area contributed by atoms with E-state index in [0.29, 0.717) is 36.7 Å². The Balaban J connectivity index is 0.697. The highest BCUT2D eigenvalue weighted by Crippen LogP contribution is 2.43. The van der Waals surface area contributed by atoms with E-state index in [2.05, 4.69) is 69.3 Å². The van der Waals surface area contributed by atoms with E-state index in [9.17, 15) is 28.4 Å². The van der Waals surface area contributed by atoms with Crippen LogP contribution in [0.4, 0.5) is 10.1 Å². The molecule has 14 heteroatoms. The molecule has 0 radical (unpaired) electrons. The number of nitrogens with one attached hydrogen (secondary N) is 1. The predicted octanol–water partition coefficient (Wildman–Crippen LogP) is 4.07. The van der Waals surface area contributed by atoms with Crippen molar-refractivity contribution in [3.63, 3.8) is 0 Å². The van der Waals surface area contributed by atoms with Gasteiger partial charge in [-0.05, 0) is 113 Å². The smallest absolute Gasteiger partial charge is 0.262 e. The zero-order valence-electron chi connectivity index (χ0n) is 35.2. The molecule has 61 heavy (non-hydrogen) atoms. The molecular weight excluding hydrogens is 778 g/mol. The zero-order valence-corrected chi connectivity index (χ0v) is 35.2. The van der Waals surface area contributed by atoms with Gasteiger partial charge >= 0.3 is 0 Å². The number of nitrogens with zero attached hydrogens (tertiary/aromatic N) is 6. The SMILES string of the molecule is CN(C)[C@H]1CN(C2CCc3cccc(F)c32)C[C@@H]1c1ccc(N2CCN(CCC3CCN(C(=O)COc4ccc5c(c4)C(=O)N(C4CCC(=O)NC4=O)C5=O)CC3)CC2)cc1. The van der Waals surface area contributed by atoms with Crippen LogP contribution in [-0.4, -0.2) is 146 Å². The highest BCUT2D eigenvalue weighted by Gasteiger charge is 2.45. The standard InChI is InChI=1S/C47H56FN7O6/c1-50(2)41-28-54(39-13-8-32-4-3-5-38(48)44(32)39)27-37(41)31-6-9-33(10-7-31)52-24-22-51(23-25-52)19-16-30-17-20-53(21-18-30)43(57)29-61-34-11-12-35-36(26-34)47(60)55(46(35)59)40-14-15-42(56)49-45(40)58/h3-7,9-12,26,30,37,39-41H,8,13-25,27-29H2,1-2H3,(H,49,56,58)/t37-,39?,40?,41+/m1/s1. The third-order valence-corrected chi connectivity index (χ3v) is 14.2. The largest absolute Gasteiger partial charge is 0.484 e. The number of likely N-dealkylation sites (N-methyl/N-ethyl adjacent to an activating group) is 1. The van der Waals surface area contributed by atoms with Gasteiger partial charge in [0, 0.05) is 88.0 Å². The van der Waals surface area contributed by atoms with E-state index in [-0.39, 0.29) is 48.3 Å². The molecular formula is C47H56FN7O6. The summed E-state index contributed by atoms with van der Waals surface area (Å²) in [6, 6.07) is 18.7. The Morgan fingerprint density at radius 1 is 0.820 bits per heavy atom. The minimum absolute atomic E-state index is 0.0500. The van der Waals surface area contributed by atoms with Crippen LogP contribution in [0.3, 0.4) is 0 Å². The van der Waals surface area contributed by atoms with Gasteiger partial charge in [0.1, 0.15) is 17.6 Å². The summed E-state index contributed by atoms with van der Waals surface area (Å²) in [7, 11) is 4.33. The molecule has 4 fully saturated rings. The van der Waals surface area contributed by atoms with Gasteiger partial charge in [0.05, 0.1) is 11.1 Å². The number of halogens is 1. The second-order valence-corrected chi connectivity index (χ2v) is 17.9. The first-order valence-electron chi connectivity index (χ1n) is 22.0. The number of hydrogen-bond donors (Lipinski definition) is 1. The molecule has 3 aromatic carbocycles. The summed E-state index contributed by atoms with van der Waals surface area (Å²) in [5.41, 5.74) is 4.99. The van der Waals surface area contributed by atoms with Crippen molar-refractivity contribution in [2.24, 2.45) is 5.92 Å². The van der Waals surface area contributed by atoms with Crippen molar-refractivity contribution < 1.29 is 33.1 Å². The number of imide groups is 2. The third-order valence-electron chi connectivity index (χ3n) is 14.2. The highest BCUT2D eigenvalue weighted by atomic mass is 19.1. The molecule has 0 saturated carbocycles. The summed E-state index contributed by atoms with van der Waals surface area (Å²) in [4.78, 5) is 75.9. The first kappa shape index (κ1) is 41.2. The summed E-state index contributed by atoms with van der Waals surface area (Å²) in [6.45, 7) is 8.12. The van der Waals surface area contributed by atoms with E-state index >= 15 is 0 Å². The van der Waals surface area contributed by atoms with E-state index in [4.69, 9.17) is 4.74 Å². The second-order valence-electron chi connectivity index (χ2n) is 17.9. The number of anilines is 1. The monoisotopic (exact) mass is 833 g/mol. The number of fused-ring (bicyclic) bond motifs is 2. The Kier molecular flexibility index (Phi) is 11.7. The fraction of sp³-hybridized carbons (Fsp3) is 0.511. The van der Waals surface area contributed by atoms with Gasteiger partial charge in [-0.25, -0.2) is 4.39 Å². The number of likely N-dealkylation sites (tertiary alicyclic amines) is 2. The molecule has 4 saturated heterocycles. The molecule has 0 spiro atoms. The maximum absolute atomic E-state index is 15.0. The number of amides is 5. The van der Waals surface area contributed by atoms with Crippen molar-refractivity contribution in [1.82, 2.24) is 29.8 Å². The predicted molar refractivity (Wildman–Crippen MR) is 227 cm³/mol. The first-order chi connectivity index (χ1) is 29.5. The zero-order chi connectivity index (χ0) is 42.4. The molecule has 3 aromatic rings. The van der Waals surface area contributed by atoms with E-state index in [1.165, 1.54) is 28.9 Å². The Morgan fingerprint density at radius 3 is 2.30 bits per heavy atom. The van der Waals surface area contributed by atoms with Gasteiger partial charge in [-0.15, -0.1) is 0 Å². The van der Waals surface area contributed by atoms with Crippen LogP contribution in [0.5, 0.6) is 5.75 Å². The van der Waals surface area contributed by atoms with Crippen molar-refractivity contribution in [3.05, 3.63) is 94.3 Å². The van der Waals surface area contributed by atoms with Crippen molar-refractivity contribution in [2.75, 3.05) is 84.5 Å². The fourth-order valence-electron chi connectivity index (χ4n) is 10.7. The molecule has 6 aliphatic rings. The van der Waals surface area contributed by atoms with Crippen LogP contribution in [-0.2, 0) is 20.8 Å². The Hall–Kier alpha value is -5.18. The van der Waals surface area contributed by atoms with Crippen LogP contribution in [0, 0.1) is 11.7 Å². The lowest BCUT2D eigenvalue weighted by atomic mass is 9.93. The van der Waals surface area contributed by atoms with Crippen LogP contribution in [0.15, 0.2) is 60.7 Å². The Bertz CT molecular complexity index is 2180. The number of rotatable bonds is 11. The van der Waals surface area contributed by atoms with Crippen molar-refractivity contribution >= 4 is 35.2 Å². The van der Waals surface area contributed by atoms with Gasteiger partial charge in [-0.2, -0.15) is 0 Å². The van der Waals surface area contributed by atoms with Gasteiger partial charge < -0.3 is 19.4 Å². The minimum atomic E-state index is -1.04. The molecule has 5 amide bonds. The number of piperidine rings is 2. The van der Waals surface area contributed by atoms with Gasteiger partial charge in [0.15, 0.2) is 6.61 Å². The van der Waals surface area contributed by atoms with E-state index in [1.807, 2.05) is 11.0 Å². The molecule has 5 aliphatic heterocycles. The molecule has 1 N–H and O–H groups in total. The number of carbonyl (C=O) groups excluding carboxylic acids is 5. The highest BCUT2D eigenvalue weighted by molar-refractivity contribution is 6.23. The molecule has 322 valence electrons. The van der Waals surface area contributed by atoms with Crippen LogP contribution in [0.2, 0.25) is 0 Å². The Labute approximate surface area is 356 Å². The second kappa shape index (κ2) is 17.3. The molecule has 9 rings (SSSR count). The molecule has 2 unspecified atom stereocenters. The normalized spacial score (nSPS) is 25.1. The van der Waals surface area contributed by atoms with Crippen molar-refractivity contribution in [3.8, 4) is 5.75 Å². The summed E-state index contributed by atoms with van der Waals surface area (Å²) in [5.74, 6) is -1.24. The fourth-order valence-corrected chi connectivity index (χ4v) is 10.7. The number of carbonyl (C=O) groups is 5. The number of benzene rings is 3. The van der Waals surface area contributed by atoms with Crippen molar-refractivity contribution in [1.29, 1.82) is 0 Å². The molecule has 0 aromatic heterocycles. The summed E-state index contributed by atoms with van der Waals surface area (Å²) < 4.78 is 20.7. The van der Waals surface area contributed by atoms with Gasteiger partial charge in [0.2, 0.25) is 11.8 Å². The topological polar surface area (TPSA) is 126 Å². The number of hydrogen-bond acceptors (Lipinski definition) is 10. The van der Waals surface area contributed by atoms with E-state index in [0.717, 1.165) is 88.4 Å². The average molecular weight is 834 g/mol. The quantitative estimate of drug-likeness (QED) is 0.283. The third kappa shape index (κ3) is 8.29. The molecule has 4 atom stereocenters. The molecule has 1 aliphatic carbocycles. The summed E-state index contributed by atoms with van der Waals surface area (Å²) in [5, 5.41) is 2.20. The molecule has 0 bridgehead atoms. The Morgan fingerprint density at radius 2 is 1.56 bits per heavy atom. The van der Waals surface area contributed by atoms with E-state index in [1.54, 1.807) is 12.1 Å². The summed E-state index contributed by atoms with van der Waals surface area (Å²) >= 11 is 0. The van der Waals surface area contributed by atoms with Crippen LogP contribution in [0.1, 0.15) is 87.9 Å². The minimum Gasteiger partial charge on any atom is -0.484 e. The number of piperazine rings is 1. The van der Waals surface area contributed by atoms with Crippen LogP contribution >= 0.6 is 0 Å². The summed E-state index contributed by atoms with van der Waals surface area (Å²) in [6.07, 6.45) is 5.07. The lowest BCUT2D eigenvalue weighted by molar-refractivity contribution is -0.136. The van der Waals surface area contributed by atoms with Gasteiger partial charge in [0.25, 0.3) is 17.7 Å². The average Bonchev–Trinajstić information content (AvgIpc) is 3.98. The maximum atomic E-state index is 15.0. The van der Waals surface area contributed by atoms with Crippen molar-refractivity contribution in [2.45, 2.75) is 69.0 Å². The van der Waals surface area contributed by atoms with Crippen LogP contribution in [0.25, 0.3) is 0 Å². The van der Waals surface area contributed by atoms with Crippen LogP contribution < -0.4 is 15.0 Å². The lowest BCUT2D eigenvalue weighted by Gasteiger charge is -2.38. The lowest BCUT2D eigenvalue weighted by Crippen LogP contribution is -2.54. The number of aryl methyl sites for hydroxylation is 1. The van der Waals surface area contributed by atoms with E-state index < -0.39 is 29.7 Å².